The minimum atomic E-state index is -0.566. The van der Waals surface area contributed by atoms with Gasteiger partial charge in [0.15, 0.2) is 5.82 Å². The summed E-state index contributed by atoms with van der Waals surface area (Å²) in [4.78, 5) is 12.5. The smallest absolute Gasteiger partial charge is 0.161 e. The third-order valence-electron chi connectivity index (χ3n) is 6.71. The van der Waals surface area contributed by atoms with Gasteiger partial charge in [-0.25, -0.2) is 9.97 Å². The fraction of sp³-hybridized carbons (Fsp3) is 0.615. The van der Waals surface area contributed by atoms with Crippen molar-refractivity contribution in [2.45, 2.75) is 44.8 Å². The van der Waals surface area contributed by atoms with Gasteiger partial charge in [-0.15, -0.1) is 0 Å². The lowest BCUT2D eigenvalue weighted by Gasteiger charge is -2.28. The minimum Gasteiger partial charge on any atom is -0.491 e. The number of aliphatic hydroxyl groups excluding tert-OH is 1. The molecule has 0 bridgehead atoms. The lowest BCUT2D eigenvalue weighted by atomic mass is 9.99. The number of hydrogen-bond acceptors (Lipinski definition) is 8. The lowest BCUT2D eigenvalue weighted by Crippen LogP contribution is -2.34. The van der Waals surface area contributed by atoms with Crippen LogP contribution in [-0.2, 0) is 15.9 Å². The van der Waals surface area contributed by atoms with Crippen LogP contribution in [0, 0.1) is 12.8 Å². The van der Waals surface area contributed by atoms with E-state index in [-0.39, 0.29) is 6.61 Å². The number of nitrogens with zero attached hydrogens (tertiary/aromatic N) is 3. The number of ether oxygens (including phenoxy) is 3. The predicted molar refractivity (Wildman–Crippen MR) is 133 cm³/mol. The first-order valence-corrected chi connectivity index (χ1v) is 12.4. The number of rotatable bonds is 11. The van der Waals surface area contributed by atoms with Crippen LogP contribution in [0.3, 0.4) is 0 Å². The first-order chi connectivity index (χ1) is 16.6. The summed E-state index contributed by atoms with van der Waals surface area (Å²) in [6, 6.07) is 8.16. The molecule has 2 fully saturated rings. The molecule has 1 aromatic carbocycles. The van der Waals surface area contributed by atoms with E-state index in [4.69, 9.17) is 24.2 Å². The summed E-state index contributed by atoms with van der Waals surface area (Å²) in [5.74, 6) is 2.90. The fourth-order valence-corrected chi connectivity index (χ4v) is 4.87. The molecule has 8 heteroatoms. The molecule has 2 aliphatic rings. The molecule has 34 heavy (non-hydrogen) atoms. The van der Waals surface area contributed by atoms with Gasteiger partial charge in [-0.1, -0.05) is 12.1 Å². The Morgan fingerprint density at radius 3 is 2.94 bits per heavy atom. The van der Waals surface area contributed by atoms with Gasteiger partial charge in [-0.05, 0) is 57.7 Å². The second-order valence-corrected chi connectivity index (χ2v) is 9.37. The number of nitrogens with one attached hydrogen (secondary N) is 1. The van der Waals surface area contributed by atoms with Gasteiger partial charge in [0.2, 0.25) is 0 Å². The summed E-state index contributed by atoms with van der Waals surface area (Å²) in [5, 5.41) is 12.9. The van der Waals surface area contributed by atoms with Crippen molar-refractivity contribution in [1.29, 1.82) is 0 Å². The molecule has 1 unspecified atom stereocenters. The molecule has 3 atom stereocenters. The summed E-state index contributed by atoms with van der Waals surface area (Å²) in [7, 11) is 3.57. The maximum atomic E-state index is 9.99. The molecule has 186 valence electrons. The fourth-order valence-electron chi connectivity index (χ4n) is 4.87. The van der Waals surface area contributed by atoms with Crippen LogP contribution < -0.4 is 15.0 Å². The largest absolute Gasteiger partial charge is 0.491 e. The molecule has 0 radical (unpaired) electrons. The van der Waals surface area contributed by atoms with Crippen molar-refractivity contribution < 1.29 is 19.3 Å². The molecule has 3 heterocycles. The van der Waals surface area contributed by atoms with Gasteiger partial charge in [0, 0.05) is 50.2 Å². The molecular weight excluding hydrogens is 432 g/mol. The van der Waals surface area contributed by atoms with E-state index in [0.29, 0.717) is 36.7 Å². The Kier molecular flexibility index (Phi) is 8.72. The Morgan fingerprint density at radius 2 is 2.18 bits per heavy atom. The molecular formula is C26H38N4O4. The van der Waals surface area contributed by atoms with Crippen molar-refractivity contribution in [2.75, 3.05) is 58.6 Å². The zero-order valence-electron chi connectivity index (χ0n) is 20.6. The Hall–Kier alpha value is -2.26. The van der Waals surface area contributed by atoms with Crippen LogP contribution in [0.15, 0.2) is 24.3 Å². The van der Waals surface area contributed by atoms with Gasteiger partial charge < -0.3 is 29.5 Å². The second-order valence-electron chi connectivity index (χ2n) is 9.37. The van der Waals surface area contributed by atoms with Gasteiger partial charge in [0.1, 0.15) is 24.3 Å². The minimum absolute atomic E-state index is 0.226. The second kappa shape index (κ2) is 11.9. The molecule has 2 aliphatic heterocycles. The lowest BCUT2D eigenvalue weighted by molar-refractivity contribution is 0.108. The molecule has 0 saturated carbocycles. The number of aliphatic hydroxyl groups is 1. The van der Waals surface area contributed by atoms with Crippen molar-refractivity contribution >= 4 is 5.82 Å². The van der Waals surface area contributed by atoms with Gasteiger partial charge in [0.25, 0.3) is 0 Å². The monoisotopic (exact) mass is 470 g/mol. The average Bonchev–Trinajstić information content (AvgIpc) is 3.52. The predicted octanol–water partition coefficient (Wildman–Crippen LogP) is 2.61. The van der Waals surface area contributed by atoms with Crippen LogP contribution in [0.1, 0.15) is 30.5 Å². The maximum absolute atomic E-state index is 9.99. The molecule has 2 saturated heterocycles. The Bertz CT molecular complexity index is 935. The van der Waals surface area contributed by atoms with E-state index in [1.165, 1.54) is 0 Å². The van der Waals surface area contributed by atoms with E-state index in [0.717, 1.165) is 68.1 Å². The number of likely N-dealkylation sites (N-methyl/N-ethyl adjacent to an activating group) is 1. The number of aromatic nitrogens is 2. The van der Waals surface area contributed by atoms with Crippen LogP contribution in [0.25, 0.3) is 11.4 Å². The van der Waals surface area contributed by atoms with Crippen molar-refractivity contribution in [3.63, 3.8) is 0 Å². The highest BCUT2D eigenvalue weighted by Crippen LogP contribution is 2.33. The van der Waals surface area contributed by atoms with Gasteiger partial charge in [-0.3, -0.25) is 0 Å². The zero-order valence-corrected chi connectivity index (χ0v) is 20.6. The van der Waals surface area contributed by atoms with Crippen molar-refractivity contribution in [3.05, 3.63) is 35.5 Å². The van der Waals surface area contributed by atoms with E-state index in [1.807, 2.05) is 31.3 Å². The van der Waals surface area contributed by atoms with E-state index in [9.17, 15) is 5.11 Å². The van der Waals surface area contributed by atoms with Crippen LogP contribution in [-0.4, -0.2) is 80.9 Å². The molecule has 1 aromatic heterocycles. The van der Waals surface area contributed by atoms with Crippen molar-refractivity contribution in [1.82, 2.24) is 15.3 Å². The van der Waals surface area contributed by atoms with Crippen LogP contribution >= 0.6 is 0 Å². The summed E-state index contributed by atoms with van der Waals surface area (Å²) in [5.41, 5.74) is 3.16. The van der Waals surface area contributed by atoms with E-state index >= 15 is 0 Å². The number of hydrogen-bond donors (Lipinski definition) is 2. The summed E-state index contributed by atoms with van der Waals surface area (Å²) in [6.45, 7) is 6.15. The Balaban J connectivity index is 1.65. The highest BCUT2D eigenvalue weighted by molar-refractivity contribution is 5.62. The van der Waals surface area contributed by atoms with Crippen molar-refractivity contribution in [2.24, 2.45) is 5.92 Å². The average molecular weight is 471 g/mol. The normalized spacial score (nSPS) is 21.2. The van der Waals surface area contributed by atoms with Crippen LogP contribution in [0.2, 0.25) is 0 Å². The highest BCUT2D eigenvalue weighted by atomic mass is 16.5. The molecule has 0 amide bonds. The topological polar surface area (TPSA) is 89.0 Å². The highest BCUT2D eigenvalue weighted by Gasteiger charge is 2.29. The van der Waals surface area contributed by atoms with Gasteiger partial charge in [0.05, 0.1) is 12.6 Å². The molecule has 4 rings (SSSR count). The zero-order chi connectivity index (χ0) is 23.9. The third kappa shape index (κ3) is 6.05. The standard InChI is InChI=1S/C26H38N4O4/c1-18-24(12-19-9-11-33-15-19)28-25(29-26(18)30-10-5-7-21(30)16-32-3)20-6-4-8-23(13-20)34-17-22(31)14-27-2/h4,6,8,13,19,21-22,27,31H,5,7,9-12,14-17H2,1-3H3/t19-,21-,22?/m0/s1. The first kappa shape index (κ1) is 24.9. The number of anilines is 1. The molecule has 8 nitrogen and oxygen atoms in total. The number of methoxy groups -OCH3 is 1. The quantitative estimate of drug-likeness (QED) is 0.518. The Labute approximate surface area is 202 Å². The molecule has 2 aromatic rings. The van der Waals surface area contributed by atoms with E-state index in [1.54, 1.807) is 7.11 Å². The first-order valence-electron chi connectivity index (χ1n) is 12.4. The van der Waals surface area contributed by atoms with E-state index in [2.05, 4.69) is 17.1 Å². The molecule has 0 spiro atoms. The van der Waals surface area contributed by atoms with E-state index < -0.39 is 6.10 Å². The van der Waals surface area contributed by atoms with Crippen LogP contribution in [0.4, 0.5) is 5.82 Å². The van der Waals surface area contributed by atoms with Gasteiger partial charge in [-0.2, -0.15) is 0 Å². The SMILES string of the molecule is CNCC(O)COc1cccc(-c2nc(C[C@@H]3CCOC3)c(C)c(N3CCC[C@H]3COC)n2)c1. The van der Waals surface area contributed by atoms with Crippen LogP contribution in [0.5, 0.6) is 5.75 Å². The number of benzene rings is 1. The van der Waals surface area contributed by atoms with Crippen molar-refractivity contribution in [3.8, 4) is 17.1 Å². The Morgan fingerprint density at radius 1 is 1.29 bits per heavy atom. The molecule has 0 aliphatic carbocycles. The summed E-state index contributed by atoms with van der Waals surface area (Å²) in [6.07, 6.45) is 3.64. The third-order valence-corrected chi connectivity index (χ3v) is 6.71. The summed E-state index contributed by atoms with van der Waals surface area (Å²) >= 11 is 0. The van der Waals surface area contributed by atoms with Gasteiger partial charge >= 0.3 is 0 Å². The summed E-state index contributed by atoms with van der Waals surface area (Å²) < 4.78 is 17.0. The molecule has 2 N–H and O–H groups in total. The maximum Gasteiger partial charge on any atom is 0.161 e.